The van der Waals surface area contributed by atoms with Gasteiger partial charge in [-0.2, -0.15) is 0 Å². The Hall–Kier alpha value is -1.87. The van der Waals surface area contributed by atoms with Crippen molar-refractivity contribution in [3.05, 3.63) is 48.0 Å². The van der Waals surface area contributed by atoms with Crippen LogP contribution in [0.3, 0.4) is 0 Å². The monoisotopic (exact) mass is 308 g/mol. The first-order chi connectivity index (χ1) is 11.2. The van der Waals surface area contributed by atoms with Crippen molar-refractivity contribution in [2.45, 2.75) is 31.7 Å². The smallest absolute Gasteiger partial charge is 0.223 e. The number of piperidine rings is 1. The van der Waals surface area contributed by atoms with Crippen LogP contribution in [0.2, 0.25) is 0 Å². The standard InChI is InChI=1S/C20H24N2O/c1-13-12-21-10-9-19(13)22-20(23)18-11-17(18)16-8-4-6-14-5-2-3-7-15(14)16/h2-8,13,17-19,21H,9-12H2,1H3,(H,22,23). The molecule has 0 spiro atoms. The van der Waals surface area contributed by atoms with Crippen LogP contribution in [0.4, 0.5) is 0 Å². The van der Waals surface area contributed by atoms with Crippen molar-refractivity contribution < 1.29 is 4.79 Å². The van der Waals surface area contributed by atoms with Gasteiger partial charge in [-0.15, -0.1) is 0 Å². The molecule has 0 radical (unpaired) electrons. The molecule has 1 aliphatic heterocycles. The number of carbonyl (C=O) groups excluding carboxylic acids is 1. The summed E-state index contributed by atoms with van der Waals surface area (Å²) in [7, 11) is 0. The summed E-state index contributed by atoms with van der Waals surface area (Å²) in [5.74, 6) is 1.31. The van der Waals surface area contributed by atoms with Gasteiger partial charge >= 0.3 is 0 Å². The van der Waals surface area contributed by atoms with Crippen LogP contribution in [0.5, 0.6) is 0 Å². The first-order valence-electron chi connectivity index (χ1n) is 8.73. The fourth-order valence-electron chi connectivity index (χ4n) is 3.92. The van der Waals surface area contributed by atoms with E-state index < -0.39 is 0 Å². The van der Waals surface area contributed by atoms with Crippen LogP contribution in [0.15, 0.2) is 42.5 Å². The zero-order valence-electron chi connectivity index (χ0n) is 13.6. The third-order valence-corrected chi connectivity index (χ3v) is 5.46. The molecule has 0 bridgehead atoms. The molecule has 4 atom stereocenters. The minimum atomic E-state index is 0.155. The van der Waals surface area contributed by atoms with E-state index in [0.717, 1.165) is 25.9 Å². The molecule has 0 aromatic heterocycles. The first-order valence-corrected chi connectivity index (χ1v) is 8.73. The highest BCUT2D eigenvalue weighted by atomic mass is 16.2. The second-order valence-corrected chi connectivity index (χ2v) is 7.10. The maximum absolute atomic E-state index is 12.6. The molecule has 1 heterocycles. The molecular formula is C20H24N2O. The summed E-state index contributed by atoms with van der Waals surface area (Å²) in [5, 5.41) is 9.25. The molecule has 1 aliphatic carbocycles. The van der Waals surface area contributed by atoms with Gasteiger partial charge in [0.25, 0.3) is 0 Å². The lowest BCUT2D eigenvalue weighted by Gasteiger charge is -2.30. The minimum Gasteiger partial charge on any atom is -0.353 e. The number of nitrogens with one attached hydrogen (secondary N) is 2. The van der Waals surface area contributed by atoms with Gasteiger partial charge in [-0.05, 0) is 54.1 Å². The normalized spacial score (nSPS) is 30.1. The third-order valence-electron chi connectivity index (χ3n) is 5.46. The maximum atomic E-state index is 12.6. The van der Waals surface area contributed by atoms with Gasteiger partial charge in [0.1, 0.15) is 0 Å². The van der Waals surface area contributed by atoms with Crippen LogP contribution < -0.4 is 10.6 Å². The van der Waals surface area contributed by atoms with Gasteiger partial charge in [0.2, 0.25) is 5.91 Å². The molecule has 2 aromatic carbocycles. The Balaban J connectivity index is 1.47. The topological polar surface area (TPSA) is 41.1 Å². The Bertz CT molecular complexity index is 721. The van der Waals surface area contributed by atoms with Crippen molar-refractivity contribution >= 4 is 16.7 Å². The van der Waals surface area contributed by atoms with E-state index in [4.69, 9.17) is 0 Å². The van der Waals surface area contributed by atoms with Gasteiger partial charge in [0, 0.05) is 12.0 Å². The predicted molar refractivity (Wildman–Crippen MR) is 93.4 cm³/mol. The van der Waals surface area contributed by atoms with E-state index >= 15 is 0 Å². The summed E-state index contributed by atoms with van der Waals surface area (Å²) in [6, 6.07) is 15.2. The molecule has 2 aliphatic rings. The van der Waals surface area contributed by atoms with Crippen LogP contribution in [-0.2, 0) is 4.79 Å². The zero-order chi connectivity index (χ0) is 15.8. The van der Waals surface area contributed by atoms with Crippen LogP contribution >= 0.6 is 0 Å². The second kappa shape index (κ2) is 5.97. The van der Waals surface area contributed by atoms with Gasteiger partial charge < -0.3 is 10.6 Å². The lowest BCUT2D eigenvalue weighted by molar-refractivity contribution is -0.123. The van der Waals surface area contributed by atoms with Crippen LogP contribution in [0.1, 0.15) is 31.2 Å². The Morgan fingerprint density at radius 1 is 1.17 bits per heavy atom. The Kier molecular flexibility index (Phi) is 3.82. The van der Waals surface area contributed by atoms with Crippen molar-refractivity contribution in [2.24, 2.45) is 11.8 Å². The summed E-state index contributed by atoms with van der Waals surface area (Å²) in [5.41, 5.74) is 1.33. The summed E-state index contributed by atoms with van der Waals surface area (Å²) < 4.78 is 0. The number of benzene rings is 2. The molecule has 4 rings (SSSR count). The first kappa shape index (κ1) is 14.7. The van der Waals surface area contributed by atoms with Crippen molar-refractivity contribution in [1.82, 2.24) is 10.6 Å². The average molecular weight is 308 g/mol. The van der Waals surface area contributed by atoms with Gasteiger partial charge in [-0.25, -0.2) is 0 Å². The number of hydrogen-bond acceptors (Lipinski definition) is 2. The number of hydrogen-bond donors (Lipinski definition) is 2. The number of carbonyl (C=O) groups is 1. The molecular weight excluding hydrogens is 284 g/mol. The van der Waals surface area contributed by atoms with Crippen LogP contribution in [0, 0.1) is 11.8 Å². The maximum Gasteiger partial charge on any atom is 0.223 e. The largest absolute Gasteiger partial charge is 0.353 e. The average Bonchev–Trinajstić information content (AvgIpc) is 3.37. The van der Waals surface area contributed by atoms with E-state index in [1.807, 2.05) is 0 Å². The van der Waals surface area contributed by atoms with Crippen LogP contribution in [0.25, 0.3) is 10.8 Å². The van der Waals surface area contributed by atoms with Gasteiger partial charge in [-0.1, -0.05) is 49.4 Å². The Morgan fingerprint density at radius 3 is 2.87 bits per heavy atom. The fourth-order valence-corrected chi connectivity index (χ4v) is 3.92. The summed E-state index contributed by atoms with van der Waals surface area (Å²) in [6.45, 7) is 4.22. The number of rotatable bonds is 3. The molecule has 2 aromatic rings. The molecule has 120 valence electrons. The van der Waals surface area contributed by atoms with Crippen molar-refractivity contribution in [1.29, 1.82) is 0 Å². The van der Waals surface area contributed by atoms with Gasteiger partial charge in [0.05, 0.1) is 0 Å². The van der Waals surface area contributed by atoms with Crippen molar-refractivity contribution in [3.8, 4) is 0 Å². The number of amides is 1. The molecule has 4 unspecified atom stereocenters. The van der Waals surface area contributed by atoms with Gasteiger partial charge in [0.15, 0.2) is 0 Å². The predicted octanol–water partition coefficient (Wildman–Crippen LogP) is 3.06. The molecule has 1 amide bonds. The molecule has 1 saturated carbocycles. The fraction of sp³-hybridized carbons (Fsp3) is 0.450. The van der Waals surface area contributed by atoms with E-state index in [0.29, 0.717) is 17.9 Å². The summed E-state index contributed by atoms with van der Waals surface area (Å²) in [6.07, 6.45) is 2.03. The minimum absolute atomic E-state index is 0.155. The Morgan fingerprint density at radius 2 is 2.00 bits per heavy atom. The van der Waals surface area contributed by atoms with E-state index in [-0.39, 0.29) is 11.8 Å². The molecule has 3 heteroatoms. The SMILES string of the molecule is CC1CNCCC1NC(=O)C1CC1c1cccc2ccccc12. The van der Waals surface area contributed by atoms with E-state index in [2.05, 4.69) is 60.0 Å². The highest BCUT2D eigenvalue weighted by molar-refractivity contribution is 5.89. The lowest BCUT2D eigenvalue weighted by atomic mass is 9.95. The zero-order valence-corrected chi connectivity index (χ0v) is 13.6. The van der Waals surface area contributed by atoms with E-state index in [1.54, 1.807) is 0 Å². The van der Waals surface area contributed by atoms with E-state index in [1.165, 1.54) is 16.3 Å². The lowest BCUT2D eigenvalue weighted by Crippen LogP contribution is -2.48. The van der Waals surface area contributed by atoms with E-state index in [9.17, 15) is 4.79 Å². The molecule has 2 N–H and O–H groups in total. The Labute approximate surface area is 137 Å². The van der Waals surface area contributed by atoms with Crippen molar-refractivity contribution in [2.75, 3.05) is 13.1 Å². The number of fused-ring (bicyclic) bond motifs is 1. The second-order valence-electron chi connectivity index (χ2n) is 7.10. The molecule has 23 heavy (non-hydrogen) atoms. The van der Waals surface area contributed by atoms with Crippen molar-refractivity contribution in [3.63, 3.8) is 0 Å². The highest BCUT2D eigenvalue weighted by Gasteiger charge is 2.45. The van der Waals surface area contributed by atoms with Gasteiger partial charge in [-0.3, -0.25) is 4.79 Å². The molecule has 2 fully saturated rings. The third kappa shape index (κ3) is 2.86. The molecule has 3 nitrogen and oxygen atoms in total. The summed E-state index contributed by atoms with van der Waals surface area (Å²) in [4.78, 5) is 12.6. The van der Waals surface area contributed by atoms with Crippen LogP contribution in [-0.4, -0.2) is 25.0 Å². The summed E-state index contributed by atoms with van der Waals surface area (Å²) >= 11 is 0. The molecule has 1 saturated heterocycles. The quantitative estimate of drug-likeness (QED) is 0.915. The highest BCUT2D eigenvalue weighted by Crippen LogP contribution is 2.49.